The Hall–Kier alpha value is -1.22. The van der Waals surface area contributed by atoms with Crippen molar-refractivity contribution in [1.82, 2.24) is 0 Å². The molecule has 0 aromatic heterocycles. The molecule has 0 saturated heterocycles. The van der Waals surface area contributed by atoms with E-state index >= 15 is 0 Å². The van der Waals surface area contributed by atoms with Crippen LogP contribution in [-0.2, 0) is 6.42 Å². The van der Waals surface area contributed by atoms with E-state index in [9.17, 15) is 8.78 Å². The van der Waals surface area contributed by atoms with Crippen LogP contribution in [0.2, 0.25) is 0 Å². The molecule has 0 aliphatic rings. The van der Waals surface area contributed by atoms with Gasteiger partial charge in [-0.05, 0) is 48.6 Å². The molecule has 0 bridgehead atoms. The van der Waals surface area contributed by atoms with Crippen LogP contribution in [0.25, 0.3) is 0 Å². The Morgan fingerprint density at radius 3 is 2.67 bits per heavy atom. The second-order valence-electron chi connectivity index (χ2n) is 3.61. The van der Waals surface area contributed by atoms with Crippen molar-refractivity contribution >= 4 is 0 Å². The summed E-state index contributed by atoms with van der Waals surface area (Å²) in [7, 11) is 0. The highest BCUT2D eigenvalue weighted by atomic mass is 19.1. The quantitative estimate of drug-likeness (QED) is 0.814. The van der Waals surface area contributed by atoms with E-state index < -0.39 is 0 Å². The first kappa shape index (κ1) is 11.9. The number of halogens is 2. The smallest absolute Gasteiger partial charge is 0.123 e. The molecule has 15 heavy (non-hydrogen) atoms. The van der Waals surface area contributed by atoms with Crippen molar-refractivity contribution in [3.05, 3.63) is 47.0 Å². The summed E-state index contributed by atoms with van der Waals surface area (Å²) in [6.07, 6.45) is 1.69. The molecule has 0 radical (unpaired) electrons. The Balaban J connectivity index is 2.65. The lowest BCUT2D eigenvalue weighted by Crippen LogP contribution is -2.04. The average Bonchev–Trinajstić information content (AvgIpc) is 2.18. The summed E-state index contributed by atoms with van der Waals surface area (Å²) in [4.78, 5) is 0. The van der Waals surface area contributed by atoms with E-state index in [0.29, 0.717) is 24.7 Å². The van der Waals surface area contributed by atoms with Gasteiger partial charge in [-0.15, -0.1) is 0 Å². The molecule has 0 aliphatic heterocycles. The largest absolute Gasteiger partial charge is 0.327 e. The van der Waals surface area contributed by atoms with Crippen molar-refractivity contribution in [2.75, 3.05) is 6.54 Å². The van der Waals surface area contributed by atoms with Crippen LogP contribution in [0.3, 0.4) is 0 Å². The van der Waals surface area contributed by atoms with Crippen molar-refractivity contribution < 1.29 is 8.78 Å². The highest BCUT2D eigenvalue weighted by molar-refractivity contribution is 5.24. The van der Waals surface area contributed by atoms with Crippen LogP contribution < -0.4 is 5.73 Å². The highest BCUT2D eigenvalue weighted by Crippen LogP contribution is 2.12. The minimum atomic E-state index is -0.247. The SMILES string of the molecule is Cc1cc(F)cc(CCC(=CF)CN)c1. The summed E-state index contributed by atoms with van der Waals surface area (Å²) in [5.74, 6) is -0.247. The van der Waals surface area contributed by atoms with E-state index in [1.807, 2.05) is 13.0 Å². The molecule has 0 aliphatic carbocycles. The first-order valence-corrected chi connectivity index (χ1v) is 4.90. The van der Waals surface area contributed by atoms with Gasteiger partial charge in [0, 0.05) is 6.54 Å². The van der Waals surface area contributed by atoms with Crippen LogP contribution in [0.4, 0.5) is 8.78 Å². The fourth-order valence-corrected chi connectivity index (χ4v) is 1.46. The third-order valence-electron chi connectivity index (χ3n) is 2.25. The highest BCUT2D eigenvalue weighted by Gasteiger charge is 2.00. The minimum absolute atomic E-state index is 0.213. The van der Waals surface area contributed by atoms with Crippen molar-refractivity contribution in [2.45, 2.75) is 19.8 Å². The zero-order valence-electron chi connectivity index (χ0n) is 8.76. The molecule has 0 atom stereocenters. The summed E-state index contributed by atoms with van der Waals surface area (Å²) >= 11 is 0. The predicted octanol–water partition coefficient (Wildman–Crippen LogP) is 2.88. The van der Waals surface area contributed by atoms with Crippen LogP contribution >= 0.6 is 0 Å². The van der Waals surface area contributed by atoms with E-state index in [4.69, 9.17) is 5.73 Å². The maximum absolute atomic E-state index is 13.0. The summed E-state index contributed by atoms with van der Waals surface area (Å²) in [5.41, 5.74) is 7.63. The molecule has 0 saturated carbocycles. The zero-order valence-corrected chi connectivity index (χ0v) is 8.76. The number of hydrogen-bond acceptors (Lipinski definition) is 1. The second kappa shape index (κ2) is 5.61. The molecule has 1 aromatic rings. The van der Waals surface area contributed by atoms with E-state index in [0.717, 1.165) is 11.1 Å². The first-order valence-electron chi connectivity index (χ1n) is 4.90. The van der Waals surface area contributed by atoms with Gasteiger partial charge in [-0.25, -0.2) is 8.78 Å². The van der Waals surface area contributed by atoms with E-state index in [2.05, 4.69) is 0 Å². The topological polar surface area (TPSA) is 26.0 Å². The number of rotatable bonds is 4. The Labute approximate surface area is 88.6 Å². The number of hydrogen-bond donors (Lipinski definition) is 1. The van der Waals surface area contributed by atoms with Gasteiger partial charge in [-0.2, -0.15) is 0 Å². The Bertz CT molecular complexity index is 338. The molecular formula is C12H15F2N. The summed E-state index contributed by atoms with van der Waals surface area (Å²) < 4.78 is 25.2. The van der Waals surface area contributed by atoms with Crippen molar-refractivity contribution in [2.24, 2.45) is 5.73 Å². The minimum Gasteiger partial charge on any atom is -0.327 e. The predicted molar refractivity (Wildman–Crippen MR) is 57.7 cm³/mol. The zero-order chi connectivity index (χ0) is 11.3. The molecule has 0 unspecified atom stereocenters. The van der Waals surface area contributed by atoms with Gasteiger partial charge in [0.25, 0.3) is 0 Å². The Morgan fingerprint density at radius 2 is 2.13 bits per heavy atom. The van der Waals surface area contributed by atoms with Crippen molar-refractivity contribution in [1.29, 1.82) is 0 Å². The summed E-state index contributed by atoms with van der Waals surface area (Å²) in [6, 6.07) is 4.84. The lowest BCUT2D eigenvalue weighted by atomic mass is 10.0. The van der Waals surface area contributed by atoms with Gasteiger partial charge in [0.05, 0.1) is 6.33 Å². The van der Waals surface area contributed by atoms with Crippen LogP contribution in [0.15, 0.2) is 30.1 Å². The Morgan fingerprint density at radius 1 is 1.40 bits per heavy atom. The fourth-order valence-electron chi connectivity index (χ4n) is 1.46. The van der Waals surface area contributed by atoms with Crippen molar-refractivity contribution in [3.8, 4) is 0 Å². The standard InChI is InChI=1S/C12H15F2N/c1-9-4-10(6-12(14)5-9)2-3-11(7-13)8-15/h4-7H,2-3,8,15H2,1H3. The molecule has 1 rings (SSSR count). The van der Waals surface area contributed by atoms with Gasteiger partial charge in [-0.3, -0.25) is 0 Å². The van der Waals surface area contributed by atoms with Crippen molar-refractivity contribution in [3.63, 3.8) is 0 Å². The summed E-state index contributed by atoms with van der Waals surface area (Å²) in [6.45, 7) is 2.05. The van der Waals surface area contributed by atoms with Crippen LogP contribution in [0.1, 0.15) is 17.5 Å². The molecule has 1 aromatic carbocycles. The molecule has 3 heteroatoms. The Kier molecular flexibility index (Phi) is 4.43. The molecule has 0 heterocycles. The van der Waals surface area contributed by atoms with Crippen LogP contribution in [0.5, 0.6) is 0 Å². The van der Waals surface area contributed by atoms with E-state index in [-0.39, 0.29) is 12.4 Å². The molecule has 82 valence electrons. The van der Waals surface area contributed by atoms with E-state index in [1.54, 1.807) is 0 Å². The van der Waals surface area contributed by atoms with Crippen LogP contribution in [0, 0.1) is 12.7 Å². The first-order chi connectivity index (χ1) is 7.15. The van der Waals surface area contributed by atoms with Gasteiger partial charge in [0.2, 0.25) is 0 Å². The van der Waals surface area contributed by atoms with Crippen LogP contribution in [-0.4, -0.2) is 6.54 Å². The normalized spacial score (nSPS) is 11.9. The third-order valence-corrected chi connectivity index (χ3v) is 2.25. The van der Waals surface area contributed by atoms with E-state index in [1.165, 1.54) is 12.1 Å². The molecule has 0 fully saturated rings. The molecular weight excluding hydrogens is 196 g/mol. The van der Waals surface area contributed by atoms with Gasteiger partial charge in [0.15, 0.2) is 0 Å². The van der Waals surface area contributed by atoms with Gasteiger partial charge in [0.1, 0.15) is 5.82 Å². The molecule has 2 N–H and O–H groups in total. The molecule has 0 amide bonds. The monoisotopic (exact) mass is 211 g/mol. The fraction of sp³-hybridized carbons (Fsp3) is 0.333. The van der Waals surface area contributed by atoms with Gasteiger partial charge >= 0.3 is 0 Å². The number of aryl methyl sites for hydroxylation is 2. The lowest BCUT2D eigenvalue weighted by Gasteiger charge is -2.04. The van der Waals surface area contributed by atoms with Gasteiger partial charge in [-0.1, -0.05) is 6.07 Å². The molecule has 1 nitrogen and oxygen atoms in total. The lowest BCUT2D eigenvalue weighted by molar-refractivity contribution is 0.623. The molecule has 0 spiro atoms. The third kappa shape index (κ3) is 3.80. The second-order valence-corrected chi connectivity index (χ2v) is 3.61. The number of benzene rings is 1. The van der Waals surface area contributed by atoms with Gasteiger partial charge < -0.3 is 5.73 Å². The number of nitrogens with two attached hydrogens (primary N) is 1. The average molecular weight is 211 g/mol. The maximum atomic E-state index is 13.0. The maximum Gasteiger partial charge on any atom is 0.123 e. The summed E-state index contributed by atoms with van der Waals surface area (Å²) in [5, 5.41) is 0.